The molecule has 0 atom stereocenters. The first-order valence-electron chi connectivity index (χ1n) is 6.82. The van der Waals surface area contributed by atoms with Crippen molar-refractivity contribution in [1.29, 1.82) is 0 Å². The van der Waals surface area contributed by atoms with Crippen molar-refractivity contribution < 1.29 is 0 Å². The van der Waals surface area contributed by atoms with Crippen LogP contribution in [0.15, 0.2) is 6.20 Å². The Morgan fingerprint density at radius 2 is 1.94 bits per heavy atom. The molecular formula is C14H27N3. The number of aromatic nitrogens is 2. The van der Waals surface area contributed by atoms with Crippen LogP contribution in [0.5, 0.6) is 0 Å². The first-order chi connectivity index (χ1) is 8.08. The van der Waals surface area contributed by atoms with Gasteiger partial charge < -0.3 is 9.88 Å². The highest BCUT2D eigenvalue weighted by Crippen LogP contribution is 2.14. The van der Waals surface area contributed by atoms with E-state index in [-0.39, 0.29) is 0 Å². The zero-order valence-corrected chi connectivity index (χ0v) is 12.0. The molecule has 0 aliphatic rings. The number of imidazole rings is 1. The van der Waals surface area contributed by atoms with Crippen LogP contribution in [-0.4, -0.2) is 15.6 Å². The zero-order chi connectivity index (χ0) is 12.8. The summed E-state index contributed by atoms with van der Waals surface area (Å²) in [5.41, 5.74) is 1.31. The molecular weight excluding hydrogens is 210 g/mol. The maximum absolute atomic E-state index is 4.44. The van der Waals surface area contributed by atoms with E-state index in [1.165, 1.54) is 18.5 Å². The molecule has 0 saturated carbocycles. The molecule has 1 aromatic rings. The molecule has 0 aliphatic carbocycles. The standard InChI is InChI=1S/C14H27N3/c1-6-13(7-2)10-17-12(5)16-9-14(17)8-15-11(3)4/h9,11,13,15H,6-8,10H2,1-5H3. The third-order valence-corrected chi connectivity index (χ3v) is 3.42. The fraction of sp³-hybridized carbons (Fsp3) is 0.786. The van der Waals surface area contributed by atoms with E-state index >= 15 is 0 Å². The van der Waals surface area contributed by atoms with Crippen LogP contribution < -0.4 is 5.32 Å². The molecule has 17 heavy (non-hydrogen) atoms. The first-order valence-corrected chi connectivity index (χ1v) is 6.82. The maximum atomic E-state index is 4.44. The summed E-state index contributed by atoms with van der Waals surface area (Å²) < 4.78 is 2.37. The van der Waals surface area contributed by atoms with Crippen LogP contribution in [0.2, 0.25) is 0 Å². The second-order valence-corrected chi connectivity index (χ2v) is 5.13. The Bertz CT molecular complexity index is 324. The Kier molecular flexibility index (Phi) is 5.69. The lowest BCUT2D eigenvalue weighted by Crippen LogP contribution is -2.24. The van der Waals surface area contributed by atoms with Gasteiger partial charge in [0.2, 0.25) is 0 Å². The molecule has 3 heteroatoms. The number of hydrogen-bond donors (Lipinski definition) is 1. The molecule has 0 amide bonds. The third kappa shape index (κ3) is 4.15. The second-order valence-electron chi connectivity index (χ2n) is 5.13. The molecule has 0 radical (unpaired) electrons. The van der Waals surface area contributed by atoms with Gasteiger partial charge in [0.1, 0.15) is 5.82 Å². The van der Waals surface area contributed by atoms with Gasteiger partial charge in [-0.2, -0.15) is 0 Å². The fourth-order valence-corrected chi connectivity index (χ4v) is 2.02. The Morgan fingerprint density at radius 3 is 2.47 bits per heavy atom. The van der Waals surface area contributed by atoms with Gasteiger partial charge in [-0.05, 0) is 12.8 Å². The number of nitrogens with zero attached hydrogens (tertiary/aromatic N) is 2. The zero-order valence-electron chi connectivity index (χ0n) is 12.0. The quantitative estimate of drug-likeness (QED) is 0.789. The number of rotatable bonds is 7. The van der Waals surface area contributed by atoms with Gasteiger partial charge in [-0.1, -0.05) is 40.5 Å². The lowest BCUT2D eigenvalue weighted by atomic mass is 10.0. The van der Waals surface area contributed by atoms with Gasteiger partial charge in [-0.3, -0.25) is 0 Å². The van der Waals surface area contributed by atoms with Gasteiger partial charge in [0, 0.05) is 25.3 Å². The summed E-state index contributed by atoms with van der Waals surface area (Å²) in [6, 6.07) is 0.520. The van der Waals surface area contributed by atoms with Crippen molar-refractivity contribution in [2.24, 2.45) is 5.92 Å². The van der Waals surface area contributed by atoms with Gasteiger partial charge in [0.05, 0.1) is 5.69 Å². The Balaban J connectivity index is 2.71. The van der Waals surface area contributed by atoms with E-state index in [1.54, 1.807) is 0 Å². The van der Waals surface area contributed by atoms with Crippen LogP contribution in [0.1, 0.15) is 52.1 Å². The molecule has 0 aliphatic heterocycles. The molecule has 0 fully saturated rings. The molecule has 0 unspecified atom stereocenters. The fourth-order valence-electron chi connectivity index (χ4n) is 2.02. The van der Waals surface area contributed by atoms with Crippen molar-refractivity contribution in [1.82, 2.24) is 14.9 Å². The molecule has 0 aromatic carbocycles. The lowest BCUT2D eigenvalue weighted by Gasteiger charge is -2.18. The minimum Gasteiger partial charge on any atom is -0.331 e. The second kappa shape index (κ2) is 6.80. The van der Waals surface area contributed by atoms with Crippen LogP contribution in [0.25, 0.3) is 0 Å². The molecule has 0 spiro atoms. The Labute approximate surface area is 106 Å². The first kappa shape index (κ1) is 14.2. The molecule has 98 valence electrons. The van der Waals surface area contributed by atoms with Gasteiger partial charge in [-0.25, -0.2) is 4.98 Å². The minimum absolute atomic E-state index is 0.520. The van der Waals surface area contributed by atoms with Crippen LogP contribution in [0, 0.1) is 12.8 Å². The molecule has 0 bridgehead atoms. The average molecular weight is 237 g/mol. The third-order valence-electron chi connectivity index (χ3n) is 3.42. The Hall–Kier alpha value is -0.830. The average Bonchev–Trinajstić information content (AvgIpc) is 2.64. The summed E-state index contributed by atoms with van der Waals surface area (Å²) in [5.74, 6) is 1.90. The number of aryl methyl sites for hydroxylation is 1. The van der Waals surface area contributed by atoms with E-state index in [0.29, 0.717) is 6.04 Å². The number of hydrogen-bond acceptors (Lipinski definition) is 2. The summed E-state index contributed by atoms with van der Waals surface area (Å²) in [4.78, 5) is 4.44. The highest BCUT2D eigenvalue weighted by Gasteiger charge is 2.11. The molecule has 3 nitrogen and oxygen atoms in total. The van der Waals surface area contributed by atoms with Gasteiger partial charge in [0.25, 0.3) is 0 Å². The summed E-state index contributed by atoms with van der Waals surface area (Å²) in [7, 11) is 0. The predicted molar refractivity (Wildman–Crippen MR) is 73.0 cm³/mol. The van der Waals surface area contributed by atoms with Crippen molar-refractivity contribution in [2.75, 3.05) is 0 Å². The molecule has 1 heterocycles. The largest absolute Gasteiger partial charge is 0.331 e. The maximum Gasteiger partial charge on any atom is 0.105 e. The summed E-state index contributed by atoms with van der Waals surface area (Å²) >= 11 is 0. The van der Waals surface area contributed by atoms with Crippen LogP contribution >= 0.6 is 0 Å². The van der Waals surface area contributed by atoms with Crippen molar-refractivity contribution in [3.8, 4) is 0 Å². The van der Waals surface area contributed by atoms with E-state index in [1.807, 2.05) is 6.20 Å². The van der Waals surface area contributed by atoms with E-state index in [0.717, 1.165) is 24.8 Å². The monoisotopic (exact) mass is 237 g/mol. The Morgan fingerprint density at radius 1 is 1.29 bits per heavy atom. The van der Waals surface area contributed by atoms with Crippen molar-refractivity contribution in [3.63, 3.8) is 0 Å². The minimum atomic E-state index is 0.520. The van der Waals surface area contributed by atoms with Crippen molar-refractivity contribution in [3.05, 3.63) is 17.7 Å². The highest BCUT2D eigenvalue weighted by molar-refractivity contribution is 5.04. The van der Waals surface area contributed by atoms with E-state index in [4.69, 9.17) is 0 Å². The molecule has 1 rings (SSSR count). The van der Waals surface area contributed by atoms with Gasteiger partial charge in [0.15, 0.2) is 0 Å². The summed E-state index contributed by atoms with van der Waals surface area (Å²) in [6.07, 6.45) is 4.49. The molecule has 0 saturated heterocycles. The van der Waals surface area contributed by atoms with Gasteiger partial charge >= 0.3 is 0 Å². The normalized spacial score (nSPS) is 11.7. The smallest absolute Gasteiger partial charge is 0.105 e. The van der Waals surface area contributed by atoms with Crippen LogP contribution in [-0.2, 0) is 13.1 Å². The molecule has 1 N–H and O–H groups in total. The van der Waals surface area contributed by atoms with Crippen molar-refractivity contribution >= 4 is 0 Å². The van der Waals surface area contributed by atoms with E-state index in [9.17, 15) is 0 Å². The van der Waals surface area contributed by atoms with Crippen molar-refractivity contribution in [2.45, 2.75) is 66.6 Å². The van der Waals surface area contributed by atoms with Crippen LogP contribution in [0.4, 0.5) is 0 Å². The van der Waals surface area contributed by atoms with Gasteiger partial charge in [-0.15, -0.1) is 0 Å². The summed E-state index contributed by atoms with van der Waals surface area (Å²) in [6.45, 7) is 13.0. The predicted octanol–water partition coefficient (Wildman–Crippen LogP) is 3.13. The van der Waals surface area contributed by atoms with Crippen LogP contribution in [0.3, 0.4) is 0 Å². The number of nitrogens with one attached hydrogen (secondary N) is 1. The van der Waals surface area contributed by atoms with E-state index in [2.05, 4.69) is 49.5 Å². The summed E-state index contributed by atoms with van der Waals surface area (Å²) in [5, 5.41) is 3.46. The topological polar surface area (TPSA) is 29.9 Å². The lowest BCUT2D eigenvalue weighted by molar-refractivity contribution is 0.403. The highest BCUT2D eigenvalue weighted by atomic mass is 15.1. The van der Waals surface area contributed by atoms with E-state index < -0.39 is 0 Å². The SMILES string of the molecule is CCC(CC)Cn1c(CNC(C)C)cnc1C. The molecule has 1 aromatic heterocycles.